The second kappa shape index (κ2) is 6.82. The van der Waals surface area contributed by atoms with E-state index in [0.29, 0.717) is 12.1 Å². The number of thioether (sulfide) groups is 1. The van der Waals surface area contributed by atoms with Crippen LogP contribution >= 0.6 is 23.1 Å². The molecule has 0 saturated heterocycles. The summed E-state index contributed by atoms with van der Waals surface area (Å²) in [7, 11) is 1.65. The van der Waals surface area contributed by atoms with Crippen LogP contribution in [0.2, 0.25) is 0 Å². The number of anilines is 1. The Balaban J connectivity index is 1.38. The molecule has 0 spiro atoms. The second-order valence-electron chi connectivity index (χ2n) is 5.67. The van der Waals surface area contributed by atoms with Crippen molar-refractivity contribution in [2.45, 2.75) is 42.1 Å². The van der Waals surface area contributed by atoms with Gasteiger partial charge >= 0.3 is 0 Å². The molecule has 1 heterocycles. The molecular formula is C13H19N5O2S2. The lowest BCUT2D eigenvalue weighted by Crippen LogP contribution is -2.39. The number of hydrogen-bond donors (Lipinski definition) is 2. The number of carbonyl (C=O) groups excluding carboxylic acids is 2. The van der Waals surface area contributed by atoms with Gasteiger partial charge in [0.15, 0.2) is 4.34 Å². The van der Waals surface area contributed by atoms with Crippen LogP contribution in [0.3, 0.4) is 0 Å². The zero-order valence-electron chi connectivity index (χ0n) is 12.4. The fourth-order valence-corrected chi connectivity index (χ4v) is 3.54. The highest BCUT2D eigenvalue weighted by atomic mass is 32.2. The van der Waals surface area contributed by atoms with Crippen LogP contribution in [-0.2, 0) is 9.59 Å². The number of likely N-dealkylation sites (N-methyl/N-ethyl adjacent to an activating group) is 1. The molecule has 2 saturated carbocycles. The van der Waals surface area contributed by atoms with E-state index < -0.39 is 0 Å². The van der Waals surface area contributed by atoms with E-state index in [9.17, 15) is 9.59 Å². The van der Waals surface area contributed by atoms with Gasteiger partial charge in [-0.25, -0.2) is 0 Å². The fourth-order valence-electron chi connectivity index (χ4n) is 1.77. The molecule has 22 heavy (non-hydrogen) atoms. The quantitative estimate of drug-likeness (QED) is 0.684. The van der Waals surface area contributed by atoms with Gasteiger partial charge in [-0.3, -0.25) is 9.59 Å². The molecule has 9 heteroatoms. The predicted molar refractivity (Wildman–Crippen MR) is 86.1 cm³/mol. The number of aromatic nitrogens is 2. The van der Waals surface area contributed by atoms with Crippen LogP contribution < -0.4 is 10.6 Å². The number of nitrogens with one attached hydrogen (secondary N) is 2. The first-order valence-electron chi connectivity index (χ1n) is 7.36. The zero-order chi connectivity index (χ0) is 15.5. The van der Waals surface area contributed by atoms with Gasteiger partial charge in [0.05, 0.1) is 12.3 Å². The first-order valence-corrected chi connectivity index (χ1v) is 9.16. The summed E-state index contributed by atoms with van der Waals surface area (Å²) in [5.74, 6) is 0.101. The number of rotatable bonds is 8. The number of carbonyl (C=O) groups is 2. The molecule has 0 aromatic carbocycles. The van der Waals surface area contributed by atoms with E-state index in [4.69, 9.17) is 0 Å². The first-order chi connectivity index (χ1) is 10.6. The maximum atomic E-state index is 12.0. The number of hydrogen-bond acceptors (Lipinski definition) is 7. The summed E-state index contributed by atoms with van der Waals surface area (Å²) in [6.07, 6.45) is 4.48. The van der Waals surface area contributed by atoms with Crippen LogP contribution in [0.1, 0.15) is 25.7 Å². The average molecular weight is 341 g/mol. The van der Waals surface area contributed by atoms with Crippen molar-refractivity contribution >= 4 is 40.0 Å². The molecule has 120 valence electrons. The molecule has 0 atom stereocenters. The van der Waals surface area contributed by atoms with Gasteiger partial charge in [0.2, 0.25) is 16.9 Å². The molecule has 0 unspecified atom stereocenters. The van der Waals surface area contributed by atoms with Crippen LogP contribution in [0.4, 0.5) is 5.13 Å². The smallest absolute Gasteiger partial charge is 0.239 e. The van der Waals surface area contributed by atoms with E-state index >= 15 is 0 Å². The van der Waals surface area contributed by atoms with Crippen molar-refractivity contribution in [3.05, 3.63) is 0 Å². The normalized spacial score (nSPS) is 17.1. The summed E-state index contributed by atoms with van der Waals surface area (Å²) >= 11 is 2.83. The van der Waals surface area contributed by atoms with E-state index in [-0.39, 0.29) is 24.1 Å². The van der Waals surface area contributed by atoms with Crippen LogP contribution in [0.25, 0.3) is 0 Å². The van der Waals surface area contributed by atoms with Crippen molar-refractivity contribution < 1.29 is 9.59 Å². The Morgan fingerprint density at radius 2 is 2.00 bits per heavy atom. The average Bonchev–Trinajstić information content (AvgIpc) is 3.38. The van der Waals surface area contributed by atoms with E-state index in [1.807, 2.05) is 0 Å². The lowest BCUT2D eigenvalue weighted by Gasteiger charge is -2.16. The Hall–Kier alpha value is -1.35. The first kappa shape index (κ1) is 15.5. The predicted octanol–water partition coefficient (Wildman–Crippen LogP) is 0.941. The molecule has 0 aliphatic heterocycles. The molecular weight excluding hydrogens is 322 g/mol. The molecule has 3 rings (SSSR count). The minimum atomic E-state index is -0.0878. The Morgan fingerprint density at radius 3 is 2.68 bits per heavy atom. The van der Waals surface area contributed by atoms with Gasteiger partial charge in [-0.15, -0.1) is 10.2 Å². The SMILES string of the molecule is CN(CC(=O)NC1CC1)C(=O)CSc1nnc(NC2CC2)s1. The van der Waals surface area contributed by atoms with Crippen molar-refractivity contribution in [1.29, 1.82) is 0 Å². The summed E-state index contributed by atoms with van der Waals surface area (Å²) in [5, 5.41) is 15.1. The van der Waals surface area contributed by atoms with E-state index in [0.717, 1.165) is 22.3 Å². The highest BCUT2D eigenvalue weighted by Gasteiger charge is 2.25. The van der Waals surface area contributed by atoms with Gasteiger partial charge in [0.1, 0.15) is 0 Å². The Morgan fingerprint density at radius 1 is 1.27 bits per heavy atom. The molecule has 7 nitrogen and oxygen atoms in total. The monoisotopic (exact) mass is 341 g/mol. The molecule has 2 aliphatic carbocycles. The van der Waals surface area contributed by atoms with Gasteiger partial charge in [-0.2, -0.15) is 0 Å². The highest BCUT2D eigenvalue weighted by molar-refractivity contribution is 8.01. The van der Waals surface area contributed by atoms with Crippen molar-refractivity contribution in [1.82, 2.24) is 20.4 Å². The van der Waals surface area contributed by atoms with Crippen LogP contribution in [-0.4, -0.2) is 58.3 Å². The molecule has 2 N–H and O–H groups in total. The third kappa shape index (κ3) is 4.84. The number of amides is 2. The van der Waals surface area contributed by atoms with Crippen molar-refractivity contribution in [2.75, 3.05) is 24.7 Å². The summed E-state index contributed by atoms with van der Waals surface area (Å²) in [6, 6.07) is 0.868. The molecule has 0 bridgehead atoms. The van der Waals surface area contributed by atoms with Gasteiger partial charge in [0.25, 0.3) is 0 Å². The van der Waals surface area contributed by atoms with Gasteiger partial charge < -0.3 is 15.5 Å². The molecule has 1 aromatic rings. The maximum absolute atomic E-state index is 12.0. The Labute approximate surface area is 137 Å². The van der Waals surface area contributed by atoms with Crippen LogP contribution in [0, 0.1) is 0 Å². The van der Waals surface area contributed by atoms with E-state index in [1.54, 1.807) is 7.05 Å². The zero-order valence-corrected chi connectivity index (χ0v) is 14.0. The highest BCUT2D eigenvalue weighted by Crippen LogP contribution is 2.30. The molecule has 2 amide bonds. The largest absolute Gasteiger partial charge is 0.357 e. The standard InChI is InChI=1S/C13H19N5O2S2/c1-18(6-10(19)14-8-2-3-8)11(20)7-21-13-17-16-12(22-13)15-9-4-5-9/h8-9H,2-7H2,1H3,(H,14,19)(H,15,16). The topological polar surface area (TPSA) is 87.2 Å². The molecule has 1 aromatic heterocycles. The lowest BCUT2D eigenvalue weighted by molar-refractivity contribution is -0.132. The van der Waals surface area contributed by atoms with Gasteiger partial charge in [-0.05, 0) is 25.7 Å². The third-order valence-corrected chi connectivity index (χ3v) is 5.35. The summed E-state index contributed by atoms with van der Waals surface area (Å²) in [5.41, 5.74) is 0. The molecule has 0 radical (unpaired) electrons. The fraction of sp³-hybridized carbons (Fsp3) is 0.692. The summed E-state index contributed by atoms with van der Waals surface area (Å²) in [6.45, 7) is 0.112. The molecule has 2 aliphatic rings. The van der Waals surface area contributed by atoms with Gasteiger partial charge in [0, 0.05) is 19.1 Å². The molecule has 2 fully saturated rings. The van der Waals surface area contributed by atoms with Crippen molar-refractivity contribution in [3.8, 4) is 0 Å². The van der Waals surface area contributed by atoms with Gasteiger partial charge in [-0.1, -0.05) is 23.1 Å². The number of nitrogens with zero attached hydrogens (tertiary/aromatic N) is 3. The second-order valence-corrected chi connectivity index (χ2v) is 7.87. The maximum Gasteiger partial charge on any atom is 0.239 e. The Bertz CT molecular complexity index is 556. The van der Waals surface area contributed by atoms with E-state index in [1.165, 1.54) is 40.8 Å². The lowest BCUT2D eigenvalue weighted by atomic mass is 10.5. The van der Waals surface area contributed by atoms with Crippen LogP contribution in [0.5, 0.6) is 0 Å². The minimum absolute atomic E-state index is 0.0807. The van der Waals surface area contributed by atoms with Crippen molar-refractivity contribution in [3.63, 3.8) is 0 Å². The Kier molecular flexibility index (Phi) is 4.82. The van der Waals surface area contributed by atoms with E-state index in [2.05, 4.69) is 20.8 Å². The third-order valence-electron chi connectivity index (χ3n) is 3.38. The summed E-state index contributed by atoms with van der Waals surface area (Å²) < 4.78 is 0.771. The summed E-state index contributed by atoms with van der Waals surface area (Å²) in [4.78, 5) is 25.1. The van der Waals surface area contributed by atoms with Crippen LogP contribution in [0.15, 0.2) is 4.34 Å². The minimum Gasteiger partial charge on any atom is -0.357 e. The van der Waals surface area contributed by atoms with Crippen molar-refractivity contribution in [2.24, 2.45) is 0 Å².